The topological polar surface area (TPSA) is 33.5 Å². The fourth-order valence-corrected chi connectivity index (χ4v) is 1.97. The molecule has 0 aliphatic heterocycles. The minimum absolute atomic E-state index is 0.0687. The van der Waals surface area contributed by atoms with Gasteiger partial charge in [-0.3, -0.25) is 4.79 Å². The Kier molecular flexibility index (Phi) is 5.60. The van der Waals surface area contributed by atoms with Gasteiger partial charge >= 0.3 is 0 Å². The van der Waals surface area contributed by atoms with E-state index in [0.717, 1.165) is 31.3 Å². The van der Waals surface area contributed by atoms with Gasteiger partial charge in [0.15, 0.2) is 0 Å². The molecular formula is C12H18BrNO2. The molecule has 0 saturated carbocycles. The van der Waals surface area contributed by atoms with Gasteiger partial charge in [-0.05, 0) is 19.4 Å². The summed E-state index contributed by atoms with van der Waals surface area (Å²) >= 11 is 3.37. The molecule has 1 aromatic rings. The Labute approximate surface area is 105 Å². The zero-order valence-electron chi connectivity index (χ0n) is 9.83. The number of unbranched alkanes of at least 4 members (excludes halogenated alkanes) is 1. The third-order valence-corrected chi connectivity index (χ3v) is 2.87. The molecule has 1 heterocycles. The Bertz CT molecular complexity index is 336. The van der Waals surface area contributed by atoms with Gasteiger partial charge in [0.1, 0.15) is 5.76 Å². The standard InChI is InChI=1S/C12H18BrNO2/c1-3-4-7-14(8-6-13)12(15)11-5-9-16-10(11)2/h5,9H,3-4,6-8H2,1-2H3. The summed E-state index contributed by atoms with van der Waals surface area (Å²) in [7, 11) is 0. The van der Waals surface area contributed by atoms with Gasteiger partial charge in [-0.15, -0.1) is 0 Å². The summed E-state index contributed by atoms with van der Waals surface area (Å²) in [4.78, 5) is 14.0. The van der Waals surface area contributed by atoms with Crippen molar-refractivity contribution in [1.29, 1.82) is 0 Å². The van der Waals surface area contributed by atoms with Gasteiger partial charge in [-0.2, -0.15) is 0 Å². The highest BCUT2D eigenvalue weighted by Crippen LogP contribution is 2.12. The average Bonchev–Trinajstić information content (AvgIpc) is 2.69. The van der Waals surface area contributed by atoms with E-state index in [9.17, 15) is 4.79 Å². The van der Waals surface area contributed by atoms with E-state index in [2.05, 4.69) is 22.9 Å². The number of hydrogen-bond acceptors (Lipinski definition) is 2. The second kappa shape index (κ2) is 6.74. The van der Waals surface area contributed by atoms with Crippen molar-refractivity contribution in [2.45, 2.75) is 26.7 Å². The van der Waals surface area contributed by atoms with E-state index in [1.807, 2.05) is 11.8 Å². The first kappa shape index (κ1) is 13.3. The normalized spacial score (nSPS) is 10.4. The minimum atomic E-state index is 0.0687. The second-order valence-electron chi connectivity index (χ2n) is 3.73. The lowest BCUT2D eigenvalue weighted by atomic mass is 10.2. The highest BCUT2D eigenvalue weighted by molar-refractivity contribution is 9.09. The summed E-state index contributed by atoms with van der Waals surface area (Å²) in [5.74, 6) is 0.764. The van der Waals surface area contributed by atoms with Gasteiger partial charge in [0, 0.05) is 18.4 Å². The number of carbonyl (C=O) groups excluding carboxylic acids is 1. The molecule has 0 atom stereocenters. The van der Waals surface area contributed by atoms with Crippen molar-refractivity contribution < 1.29 is 9.21 Å². The van der Waals surface area contributed by atoms with Crippen molar-refractivity contribution in [3.05, 3.63) is 23.7 Å². The molecule has 1 rings (SSSR count). The number of amides is 1. The highest BCUT2D eigenvalue weighted by Gasteiger charge is 2.18. The van der Waals surface area contributed by atoms with Crippen LogP contribution < -0.4 is 0 Å². The molecule has 1 aromatic heterocycles. The van der Waals surface area contributed by atoms with Crippen LogP contribution in [0.5, 0.6) is 0 Å². The molecule has 0 N–H and O–H groups in total. The number of rotatable bonds is 6. The molecular weight excluding hydrogens is 270 g/mol. The first-order valence-corrected chi connectivity index (χ1v) is 6.72. The summed E-state index contributed by atoms with van der Waals surface area (Å²) in [5.41, 5.74) is 0.678. The molecule has 3 nitrogen and oxygen atoms in total. The van der Waals surface area contributed by atoms with Crippen LogP contribution in [-0.2, 0) is 0 Å². The van der Waals surface area contributed by atoms with E-state index >= 15 is 0 Å². The number of nitrogens with zero attached hydrogens (tertiary/aromatic N) is 1. The predicted molar refractivity (Wildman–Crippen MR) is 68.1 cm³/mol. The van der Waals surface area contributed by atoms with E-state index < -0.39 is 0 Å². The van der Waals surface area contributed by atoms with Gasteiger partial charge in [0.05, 0.1) is 11.8 Å². The van der Waals surface area contributed by atoms with E-state index in [1.165, 1.54) is 0 Å². The molecule has 0 saturated heterocycles. The van der Waals surface area contributed by atoms with Crippen LogP contribution in [-0.4, -0.2) is 29.2 Å². The van der Waals surface area contributed by atoms with Crippen LogP contribution in [0, 0.1) is 6.92 Å². The third-order valence-electron chi connectivity index (χ3n) is 2.51. The first-order valence-electron chi connectivity index (χ1n) is 5.60. The van der Waals surface area contributed by atoms with Crippen molar-refractivity contribution in [3.8, 4) is 0 Å². The smallest absolute Gasteiger partial charge is 0.257 e. The predicted octanol–water partition coefficient (Wildman–Crippen LogP) is 3.23. The quantitative estimate of drug-likeness (QED) is 0.753. The zero-order valence-corrected chi connectivity index (χ0v) is 11.4. The van der Waals surface area contributed by atoms with E-state index in [1.54, 1.807) is 12.3 Å². The first-order chi connectivity index (χ1) is 7.70. The summed E-state index contributed by atoms with van der Waals surface area (Å²) in [5, 5.41) is 0.805. The highest BCUT2D eigenvalue weighted by atomic mass is 79.9. The van der Waals surface area contributed by atoms with Crippen LogP contribution in [0.1, 0.15) is 35.9 Å². The van der Waals surface area contributed by atoms with Crippen molar-refractivity contribution >= 4 is 21.8 Å². The molecule has 0 unspecified atom stereocenters. The second-order valence-corrected chi connectivity index (χ2v) is 4.52. The van der Waals surface area contributed by atoms with Crippen LogP contribution in [0.25, 0.3) is 0 Å². The average molecular weight is 288 g/mol. The lowest BCUT2D eigenvalue weighted by molar-refractivity contribution is 0.0762. The van der Waals surface area contributed by atoms with E-state index in [-0.39, 0.29) is 5.91 Å². The zero-order chi connectivity index (χ0) is 12.0. The number of hydrogen-bond donors (Lipinski definition) is 0. The molecule has 4 heteroatoms. The van der Waals surface area contributed by atoms with Gasteiger partial charge in [0.25, 0.3) is 5.91 Å². The monoisotopic (exact) mass is 287 g/mol. The Morgan fingerprint density at radius 1 is 1.50 bits per heavy atom. The Morgan fingerprint density at radius 2 is 2.25 bits per heavy atom. The van der Waals surface area contributed by atoms with Crippen LogP contribution >= 0.6 is 15.9 Å². The number of halogens is 1. The van der Waals surface area contributed by atoms with Gasteiger partial charge in [0.2, 0.25) is 0 Å². The molecule has 0 aromatic carbocycles. The third kappa shape index (κ3) is 3.37. The minimum Gasteiger partial charge on any atom is -0.469 e. The molecule has 0 fully saturated rings. The van der Waals surface area contributed by atoms with Crippen LogP contribution in [0.3, 0.4) is 0 Å². The largest absolute Gasteiger partial charge is 0.469 e. The molecule has 1 amide bonds. The number of aryl methyl sites for hydroxylation is 1. The Hall–Kier alpha value is -0.770. The number of furan rings is 1. The van der Waals surface area contributed by atoms with Crippen LogP contribution in [0.15, 0.2) is 16.7 Å². The molecule has 0 aliphatic rings. The molecule has 0 spiro atoms. The van der Waals surface area contributed by atoms with Crippen molar-refractivity contribution in [2.24, 2.45) is 0 Å². The molecule has 0 bridgehead atoms. The molecule has 0 aliphatic carbocycles. The molecule has 16 heavy (non-hydrogen) atoms. The molecule has 0 radical (unpaired) electrons. The van der Waals surface area contributed by atoms with E-state index in [0.29, 0.717) is 11.3 Å². The summed E-state index contributed by atoms with van der Waals surface area (Å²) < 4.78 is 5.16. The van der Waals surface area contributed by atoms with Gasteiger partial charge in [-0.25, -0.2) is 0 Å². The summed E-state index contributed by atoms with van der Waals surface area (Å²) in [6.45, 7) is 5.49. The fourth-order valence-electron chi connectivity index (χ4n) is 1.54. The Morgan fingerprint density at radius 3 is 2.75 bits per heavy atom. The molecule has 90 valence electrons. The maximum atomic E-state index is 12.2. The lowest BCUT2D eigenvalue weighted by Crippen LogP contribution is -2.33. The van der Waals surface area contributed by atoms with E-state index in [4.69, 9.17) is 4.42 Å². The SMILES string of the molecule is CCCCN(CCBr)C(=O)c1ccoc1C. The van der Waals surface area contributed by atoms with Crippen molar-refractivity contribution in [2.75, 3.05) is 18.4 Å². The van der Waals surface area contributed by atoms with Gasteiger partial charge in [-0.1, -0.05) is 29.3 Å². The number of alkyl halides is 1. The maximum Gasteiger partial charge on any atom is 0.257 e. The fraction of sp³-hybridized carbons (Fsp3) is 0.583. The summed E-state index contributed by atoms with van der Waals surface area (Å²) in [6.07, 6.45) is 3.70. The van der Waals surface area contributed by atoms with Crippen molar-refractivity contribution in [3.63, 3.8) is 0 Å². The number of carbonyl (C=O) groups is 1. The Balaban J connectivity index is 2.70. The van der Waals surface area contributed by atoms with Crippen molar-refractivity contribution in [1.82, 2.24) is 4.90 Å². The summed E-state index contributed by atoms with van der Waals surface area (Å²) in [6, 6.07) is 1.74. The van der Waals surface area contributed by atoms with Crippen LogP contribution in [0.2, 0.25) is 0 Å². The maximum absolute atomic E-state index is 12.2. The lowest BCUT2D eigenvalue weighted by Gasteiger charge is -2.21. The van der Waals surface area contributed by atoms with Crippen LogP contribution in [0.4, 0.5) is 0 Å². The van der Waals surface area contributed by atoms with Gasteiger partial charge < -0.3 is 9.32 Å².